The van der Waals surface area contributed by atoms with E-state index in [0.29, 0.717) is 5.02 Å². The molecule has 0 N–H and O–H groups in total. The van der Waals surface area contributed by atoms with E-state index in [1.165, 1.54) is 0 Å². The van der Waals surface area contributed by atoms with Gasteiger partial charge in [0, 0.05) is 12.1 Å². The third-order valence-corrected chi connectivity index (χ3v) is 3.40. The fraction of sp³-hybridized carbons (Fsp3) is 0.231. The van der Waals surface area contributed by atoms with Crippen LogP contribution in [0.25, 0.3) is 0 Å². The summed E-state index contributed by atoms with van der Waals surface area (Å²) in [4.78, 5) is 9.22. The average molecular weight is 300 g/mol. The summed E-state index contributed by atoms with van der Waals surface area (Å²) in [5.74, 6) is -0.338. The van der Waals surface area contributed by atoms with Crippen molar-refractivity contribution in [2.24, 2.45) is 0 Å². The maximum Gasteiger partial charge on any atom is 0.224 e. The fourth-order valence-electron chi connectivity index (χ4n) is 1.73. The molecule has 0 bridgehead atoms. The van der Waals surface area contributed by atoms with Crippen LogP contribution >= 0.6 is 23.2 Å². The van der Waals surface area contributed by atoms with Crippen LogP contribution in [-0.4, -0.2) is 17.0 Å². The monoisotopic (exact) mass is 299 g/mol. The van der Waals surface area contributed by atoms with Gasteiger partial charge in [0.25, 0.3) is 0 Å². The van der Waals surface area contributed by atoms with Crippen molar-refractivity contribution in [1.82, 2.24) is 9.97 Å². The topological polar surface area (TPSA) is 29.0 Å². The molecular formula is C13H12Cl2FN3. The van der Waals surface area contributed by atoms with Crippen molar-refractivity contribution >= 4 is 29.0 Å². The molecule has 6 heteroatoms. The van der Waals surface area contributed by atoms with E-state index in [1.807, 2.05) is 19.1 Å². The van der Waals surface area contributed by atoms with Gasteiger partial charge in [-0.2, -0.15) is 4.98 Å². The first kappa shape index (κ1) is 14.0. The SMILES string of the molecule is CC(c1ccc(Cl)cc1)N(C)c1nc(Cl)ncc1F. The van der Waals surface area contributed by atoms with Gasteiger partial charge < -0.3 is 4.90 Å². The molecule has 0 spiro atoms. The number of benzene rings is 1. The van der Waals surface area contributed by atoms with Gasteiger partial charge in [0.15, 0.2) is 11.6 Å². The first-order chi connectivity index (χ1) is 8.99. The summed E-state index contributed by atoms with van der Waals surface area (Å²) in [6, 6.07) is 7.31. The molecular weight excluding hydrogens is 288 g/mol. The Morgan fingerprint density at radius 2 is 1.84 bits per heavy atom. The van der Waals surface area contributed by atoms with Crippen LogP contribution in [-0.2, 0) is 0 Å². The van der Waals surface area contributed by atoms with Gasteiger partial charge in [0.05, 0.1) is 12.2 Å². The van der Waals surface area contributed by atoms with Crippen molar-refractivity contribution in [3.63, 3.8) is 0 Å². The normalized spacial score (nSPS) is 12.3. The first-order valence-electron chi connectivity index (χ1n) is 5.65. The van der Waals surface area contributed by atoms with Gasteiger partial charge in [-0.25, -0.2) is 9.37 Å². The van der Waals surface area contributed by atoms with Gasteiger partial charge in [-0.15, -0.1) is 0 Å². The van der Waals surface area contributed by atoms with E-state index in [-0.39, 0.29) is 17.1 Å². The van der Waals surface area contributed by atoms with E-state index < -0.39 is 5.82 Å². The molecule has 1 unspecified atom stereocenters. The second kappa shape index (κ2) is 5.72. The van der Waals surface area contributed by atoms with E-state index >= 15 is 0 Å². The molecule has 0 saturated heterocycles. The number of halogens is 3. The molecule has 0 aliphatic heterocycles. The molecule has 2 aromatic rings. The zero-order chi connectivity index (χ0) is 14.0. The van der Waals surface area contributed by atoms with Crippen LogP contribution in [0.1, 0.15) is 18.5 Å². The second-order valence-electron chi connectivity index (χ2n) is 4.15. The average Bonchev–Trinajstić information content (AvgIpc) is 2.41. The lowest BCUT2D eigenvalue weighted by Crippen LogP contribution is -2.24. The number of hydrogen-bond acceptors (Lipinski definition) is 3. The summed E-state index contributed by atoms with van der Waals surface area (Å²) >= 11 is 11.5. The Morgan fingerprint density at radius 3 is 2.47 bits per heavy atom. The van der Waals surface area contributed by atoms with Crippen LogP contribution < -0.4 is 4.90 Å². The van der Waals surface area contributed by atoms with Gasteiger partial charge in [-0.05, 0) is 36.2 Å². The van der Waals surface area contributed by atoms with Gasteiger partial charge in [-0.1, -0.05) is 23.7 Å². The standard InChI is InChI=1S/C13H12Cl2FN3/c1-8(9-3-5-10(14)6-4-9)19(2)12-11(16)7-17-13(15)18-12/h3-8H,1-2H3. The van der Waals surface area contributed by atoms with Gasteiger partial charge in [-0.3, -0.25) is 0 Å². The second-order valence-corrected chi connectivity index (χ2v) is 4.92. The molecule has 1 heterocycles. The quantitative estimate of drug-likeness (QED) is 0.798. The van der Waals surface area contributed by atoms with Crippen molar-refractivity contribution in [2.45, 2.75) is 13.0 Å². The molecule has 19 heavy (non-hydrogen) atoms. The van der Waals surface area contributed by atoms with Gasteiger partial charge in [0.1, 0.15) is 0 Å². The van der Waals surface area contributed by atoms with Gasteiger partial charge in [0.2, 0.25) is 5.28 Å². The minimum absolute atomic E-state index is 0.0200. The Balaban J connectivity index is 2.30. The maximum absolute atomic E-state index is 13.7. The largest absolute Gasteiger partial charge is 0.350 e. The first-order valence-corrected chi connectivity index (χ1v) is 6.41. The summed E-state index contributed by atoms with van der Waals surface area (Å²) in [6.45, 7) is 1.94. The van der Waals surface area contributed by atoms with Crippen molar-refractivity contribution < 1.29 is 4.39 Å². The molecule has 1 aromatic carbocycles. The van der Waals surface area contributed by atoms with Gasteiger partial charge >= 0.3 is 0 Å². The predicted molar refractivity (Wildman–Crippen MR) is 75.3 cm³/mol. The smallest absolute Gasteiger partial charge is 0.224 e. The van der Waals surface area contributed by atoms with E-state index in [1.54, 1.807) is 24.1 Å². The number of nitrogens with zero attached hydrogens (tertiary/aromatic N) is 3. The van der Waals surface area contributed by atoms with E-state index in [2.05, 4.69) is 9.97 Å². The van der Waals surface area contributed by atoms with Crippen LogP contribution in [0.15, 0.2) is 30.5 Å². The highest BCUT2D eigenvalue weighted by atomic mass is 35.5. The molecule has 0 saturated carbocycles. The minimum Gasteiger partial charge on any atom is -0.350 e. The highest BCUT2D eigenvalue weighted by molar-refractivity contribution is 6.30. The maximum atomic E-state index is 13.7. The third kappa shape index (κ3) is 3.14. The molecule has 0 amide bonds. The molecule has 1 aromatic heterocycles. The highest BCUT2D eigenvalue weighted by Crippen LogP contribution is 2.27. The Bertz CT molecular complexity index is 575. The fourth-order valence-corrected chi connectivity index (χ4v) is 1.99. The zero-order valence-corrected chi connectivity index (χ0v) is 12.0. The summed E-state index contributed by atoms with van der Waals surface area (Å²) in [5, 5.41) is 0.682. The molecule has 1 atom stereocenters. The molecule has 0 aliphatic carbocycles. The lowest BCUT2D eigenvalue weighted by molar-refractivity contribution is 0.595. The number of rotatable bonds is 3. The molecule has 100 valence electrons. The summed E-state index contributed by atoms with van der Waals surface area (Å²) in [6.07, 6.45) is 1.07. The van der Waals surface area contributed by atoms with Crippen LogP contribution in [0.5, 0.6) is 0 Å². The summed E-state index contributed by atoms with van der Waals surface area (Å²) < 4.78 is 13.7. The van der Waals surface area contributed by atoms with Crippen LogP contribution in [0.2, 0.25) is 10.3 Å². The number of hydrogen-bond donors (Lipinski definition) is 0. The lowest BCUT2D eigenvalue weighted by atomic mass is 10.1. The molecule has 0 radical (unpaired) electrons. The number of aromatic nitrogens is 2. The Morgan fingerprint density at radius 1 is 1.21 bits per heavy atom. The predicted octanol–water partition coefficient (Wildman–Crippen LogP) is 4.12. The van der Waals surface area contributed by atoms with E-state index in [9.17, 15) is 4.39 Å². The van der Waals surface area contributed by atoms with Crippen LogP contribution in [0, 0.1) is 5.82 Å². The Kier molecular flexibility index (Phi) is 4.22. The number of anilines is 1. The van der Waals surface area contributed by atoms with Crippen LogP contribution in [0.3, 0.4) is 0 Å². The van der Waals surface area contributed by atoms with Crippen molar-refractivity contribution in [1.29, 1.82) is 0 Å². The van der Waals surface area contributed by atoms with Crippen molar-refractivity contribution in [3.8, 4) is 0 Å². The van der Waals surface area contributed by atoms with Crippen molar-refractivity contribution in [3.05, 3.63) is 52.1 Å². The Labute approximate surface area is 121 Å². The molecule has 0 fully saturated rings. The molecule has 3 nitrogen and oxygen atoms in total. The molecule has 0 aliphatic rings. The third-order valence-electron chi connectivity index (χ3n) is 2.96. The highest BCUT2D eigenvalue weighted by Gasteiger charge is 2.17. The zero-order valence-electron chi connectivity index (χ0n) is 10.4. The van der Waals surface area contributed by atoms with E-state index in [0.717, 1.165) is 11.8 Å². The lowest BCUT2D eigenvalue weighted by Gasteiger charge is -2.26. The summed E-state index contributed by atoms with van der Waals surface area (Å²) in [5.41, 5.74) is 1.00. The van der Waals surface area contributed by atoms with E-state index in [4.69, 9.17) is 23.2 Å². The minimum atomic E-state index is -0.507. The van der Waals surface area contributed by atoms with Crippen LogP contribution in [0.4, 0.5) is 10.2 Å². The van der Waals surface area contributed by atoms with Crippen molar-refractivity contribution in [2.75, 3.05) is 11.9 Å². The Hall–Kier alpha value is -1.39. The summed E-state index contributed by atoms with van der Waals surface area (Å²) in [7, 11) is 1.75. The molecule has 2 rings (SSSR count).